The van der Waals surface area contributed by atoms with Crippen LogP contribution >= 0.6 is 7.92 Å². The summed E-state index contributed by atoms with van der Waals surface area (Å²) in [5.74, 6) is 0.386. The van der Waals surface area contributed by atoms with Crippen molar-refractivity contribution in [3.8, 4) is 0 Å². The lowest BCUT2D eigenvalue weighted by molar-refractivity contribution is 0.260. The molecule has 0 saturated heterocycles. The van der Waals surface area contributed by atoms with Crippen LogP contribution in [-0.2, 0) is 0 Å². The first-order chi connectivity index (χ1) is 18.0. The Morgan fingerprint density at radius 3 is 2.05 bits per heavy atom. The van der Waals surface area contributed by atoms with E-state index in [0.29, 0.717) is 24.2 Å². The maximum absolute atomic E-state index is 2.73. The number of hydrogen-bond acceptors (Lipinski definition) is 4. The molecule has 1 aliphatic carbocycles. The standard InChI is InChI=1S/C31H30BN4P/c1-18-15-19(2)28(20(3)16-18)32-22-7-5-9-24-29(22)37-30-23(32)8-6-10-25(30)35-13-14-36(31(35)37)27-17-26(27)34-12-11-33(24)21(34)4/h5-16,21,26-27,31H,17H2,1-4H3/t21-,26?,27?,31+,37?/m0/s1. The second-order valence-electron chi connectivity index (χ2n) is 11.7. The highest BCUT2D eigenvalue weighted by Gasteiger charge is 2.58. The molecule has 5 heterocycles. The van der Waals surface area contributed by atoms with Gasteiger partial charge in [-0.25, -0.2) is 0 Å². The van der Waals surface area contributed by atoms with Crippen molar-refractivity contribution in [3.63, 3.8) is 0 Å². The lowest BCUT2D eigenvalue weighted by atomic mass is 9.35. The molecular weight excluding hydrogens is 470 g/mol. The summed E-state index contributed by atoms with van der Waals surface area (Å²) in [6.07, 6.45) is 11.1. The Morgan fingerprint density at radius 2 is 1.35 bits per heavy atom. The molecule has 182 valence electrons. The van der Waals surface area contributed by atoms with E-state index in [-0.39, 0.29) is 6.71 Å². The van der Waals surface area contributed by atoms with Crippen LogP contribution in [0.15, 0.2) is 73.3 Å². The average Bonchev–Trinajstić information content (AvgIpc) is 3.21. The molecule has 1 fully saturated rings. The number of fused-ring (bicyclic) bond motifs is 7. The summed E-state index contributed by atoms with van der Waals surface area (Å²) in [6, 6.07) is 20.2. The first-order valence-corrected chi connectivity index (χ1v) is 15.0. The molecule has 6 aliphatic rings. The van der Waals surface area contributed by atoms with Crippen LogP contribution in [0, 0.1) is 20.8 Å². The van der Waals surface area contributed by atoms with Crippen LogP contribution in [0.25, 0.3) is 0 Å². The van der Waals surface area contributed by atoms with Crippen LogP contribution in [0.5, 0.6) is 0 Å². The third-order valence-electron chi connectivity index (χ3n) is 9.65. The summed E-state index contributed by atoms with van der Waals surface area (Å²) < 4.78 is 0. The van der Waals surface area contributed by atoms with E-state index in [1.54, 1.807) is 10.6 Å². The van der Waals surface area contributed by atoms with Crippen LogP contribution in [0.4, 0.5) is 11.4 Å². The van der Waals surface area contributed by atoms with Gasteiger partial charge in [0.2, 0.25) is 6.71 Å². The van der Waals surface area contributed by atoms with Gasteiger partial charge in [-0.15, -0.1) is 0 Å². The largest absolute Gasteiger partial charge is 0.351 e. The predicted molar refractivity (Wildman–Crippen MR) is 157 cm³/mol. The monoisotopic (exact) mass is 500 g/mol. The summed E-state index contributed by atoms with van der Waals surface area (Å²) in [6.45, 7) is 9.50. The fourth-order valence-corrected chi connectivity index (χ4v) is 11.7. The minimum Gasteiger partial charge on any atom is -0.351 e. The lowest BCUT2D eigenvalue weighted by Crippen LogP contribution is -2.65. The van der Waals surface area contributed by atoms with Gasteiger partial charge in [-0.05, 0) is 46.2 Å². The Bertz CT molecular complexity index is 1570. The minimum absolute atomic E-state index is 0.260. The topological polar surface area (TPSA) is 13.0 Å². The van der Waals surface area contributed by atoms with Gasteiger partial charge in [0.15, 0.2) is 0 Å². The highest BCUT2D eigenvalue weighted by Crippen LogP contribution is 2.59. The fraction of sp³-hybridized carbons (Fsp3) is 0.290. The van der Waals surface area contributed by atoms with E-state index in [1.165, 1.54) is 50.9 Å². The maximum Gasteiger partial charge on any atom is 0.243 e. The van der Waals surface area contributed by atoms with Gasteiger partial charge in [0.1, 0.15) is 12.1 Å². The molecule has 0 N–H and O–H groups in total. The van der Waals surface area contributed by atoms with E-state index in [4.69, 9.17) is 0 Å². The zero-order chi connectivity index (χ0) is 24.7. The van der Waals surface area contributed by atoms with E-state index >= 15 is 0 Å². The molecule has 0 spiro atoms. The SMILES string of the molecule is Cc1cc(C)c(B2c3cccc4c3P3c5c2cccc5N2C=CN(C5CC5N5C=CN4[C@H]53)[C@H]2C)c(C)c1. The number of hydrogen-bond donors (Lipinski definition) is 0. The van der Waals surface area contributed by atoms with Crippen molar-refractivity contribution < 1.29 is 0 Å². The molecule has 3 aromatic carbocycles. The molecular formula is C31H30BN4P. The quantitative estimate of drug-likeness (QED) is 0.377. The maximum atomic E-state index is 2.73. The van der Waals surface area contributed by atoms with Gasteiger partial charge in [-0.1, -0.05) is 69.5 Å². The van der Waals surface area contributed by atoms with Crippen molar-refractivity contribution in [2.45, 2.75) is 58.3 Å². The molecule has 5 atom stereocenters. The van der Waals surface area contributed by atoms with E-state index in [0.717, 1.165) is 0 Å². The van der Waals surface area contributed by atoms with Crippen molar-refractivity contribution in [3.05, 3.63) is 90.0 Å². The third kappa shape index (κ3) is 2.45. The molecule has 37 heavy (non-hydrogen) atoms. The first kappa shape index (κ1) is 20.8. The van der Waals surface area contributed by atoms with Crippen molar-refractivity contribution >= 4 is 53.0 Å². The summed E-state index contributed by atoms with van der Waals surface area (Å²) >= 11 is 0. The molecule has 9 rings (SSSR count). The minimum atomic E-state index is -0.573. The van der Waals surface area contributed by atoms with E-state index in [2.05, 4.69) is 121 Å². The molecule has 0 radical (unpaired) electrons. The van der Waals surface area contributed by atoms with E-state index < -0.39 is 7.92 Å². The summed E-state index contributed by atoms with van der Waals surface area (Å²) in [7, 11) is -0.573. The van der Waals surface area contributed by atoms with Gasteiger partial charge in [0.05, 0.1) is 23.5 Å². The number of nitrogens with zero attached hydrogens (tertiary/aromatic N) is 4. The number of benzene rings is 3. The van der Waals surface area contributed by atoms with Gasteiger partial charge >= 0.3 is 0 Å². The number of rotatable bonds is 1. The second-order valence-corrected chi connectivity index (χ2v) is 13.8. The Kier molecular flexibility index (Phi) is 3.84. The molecule has 4 nitrogen and oxygen atoms in total. The Labute approximate surface area is 220 Å². The summed E-state index contributed by atoms with van der Waals surface area (Å²) in [5.41, 5.74) is 11.5. The zero-order valence-electron chi connectivity index (χ0n) is 21.8. The zero-order valence-corrected chi connectivity index (χ0v) is 22.7. The van der Waals surface area contributed by atoms with Crippen molar-refractivity contribution in [2.75, 3.05) is 9.80 Å². The average molecular weight is 500 g/mol. The van der Waals surface area contributed by atoms with Crippen LogP contribution in [0.1, 0.15) is 30.0 Å². The number of anilines is 2. The molecule has 5 aliphatic heterocycles. The molecule has 3 unspecified atom stereocenters. The molecule has 3 aromatic rings. The van der Waals surface area contributed by atoms with Gasteiger partial charge in [-0.2, -0.15) is 0 Å². The van der Waals surface area contributed by atoms with Crippen LogP contribution in [0.3, 0.4) is 0 Å². The Balaban J connectivity index is 1.39. The first-order valence-electron chi connectivity index (χ1n) is 13.6. The smallest absolute Gasteiger partial charge is 0.243 e. The van der Waals surface area contributed by atoms with Crippen molar-refractivity contribution in [2.24, 2.45) is 0 Å². The van der Waals surface area contributed by atoms with Crippen molar-refractivity contribution in [1.82, 2.24) is 9.80 Å². The predicted octanol–water partition coefficient (Wildman–Crippen LogP) is 2.86. The molecule has 0 aromatic heterocycles. The third-order valence-corrected chi connectivity index (χ3v) is 12.6. The summed E-state index contributed by atoms with van der Waals surface area (Å²) in [5, 5.41) is 3.21. The second kappa shape index (κ2) is 6.82. The highest BCUT2D eigenvalue weighted by atomic mass is 31.1. The molecule has 0 amide bonds. The van der Waals surface area contributed by atoms with Gasteiger partial charge < -0.3 is 19.6 Å². The molecule has 1 saturated carbocycles. The van der Waals surface area contributed by atoms with Gasteiger partial charge in [0.25, 0.3) is 0 Å². The van der Waals surface area contributed by atoms with E-state index in [9.17, 15) is 0 Å². The van der Waals surface area contributed by atoms with Crippen LogP contribution in [0.2, 0.25) is 0 Å². The molecule has 2 bridgehead atoms. The Morgan fingerprint density at radius 1 is 0.757 bits per heavy atom. The highest BCUT2D eigenvalue weighted by molar-refractivity contribution is 7.76. The van der Waals surface area contributed by atoms with Gasteiger partial charge in [-0.3, -0.25) is 0 Å². The molecule has 6 heteroatoms. The summed E-state index contributed by atoms with van der Waals surface area (Å²) in [4.78, 5) is 10.5. The van der Waals surface area contributed by atoms with Crippen molar-refractivity contribution in [1.29, 1.82) is 0 Å². The Hall–Kier alpha value is -3.17. The normalized spacial score (nSPS) is 28.8. The fourth-order valence-electron chi connectivity index (χ4n) is 8.18. The van der Waals surface area contributed by atoms with Gasteiger partial charge in [0, 0.05) is 43.3 Å². The van der Waals surface area contributed by atoms with Crippen LogP contribution < -0.4 is 36.8 Å². The van der Waals surface area contributed by atoms with Crippen LogP contribution in [-0.4, -0.2) is 40.7 Å². The lowest BCUT2D eigenvalue weighted by Gasteiger charge is -2.42. The van der Waals surface area contributed by atoms with E-state index in [1.807, 2.05) is 0 Å². The number of aryl methyl sites for hydroxylation is 3.